The topological polar surface area (TPSA) is 20.2 Å². The molecule has 0 bridgehead atoms. The van der Waals surface area contributed by atoms with Crippen LogP contribution in [0.25, 0.3) is 0 Å². The van der Waals surface area contributed by atoms with E-state index in [-0.39, 0.29) is 0 Å². The minimum atomic E-state index is -0.833. The van der Waals surface area contributed by atoms with Crippen LogP contribution in [0.5, 0.6) is 0 Å². The Morgan fingerprint density at radius 2 is 1.61 bits per heavy atom. The Balaban J connectivity index is 2.41. The van der Waals surface area contributed by atoms with Crippen molar-refractivity contribution in [1.82, 2.24) is 0 Å². The van der Waals surface area contributed by atoms with Gasteiger partial charge in [-0.2, -0.15) is 0 Å². The van der Waals surface area contributed by atoms with Gasteiger partial charge in [-0.25, -0.2) is 0 Å². The predicted octanol–water partition coefficient (Wildman–Crippen LogP) is 5.49. The Kier molecular flexibility index (Phi) is 4.57. The van der Waals surface area contributed by atoms with E-state index in [2.05, 4.69) is 15.9 Å². The Bertz CT molecular complexity index is 586. The highest BCUT2D eigenvalue weighted by molar-refractivity contribution is 9.10. The van der Waals surface area contributed by atoms with E-state index >= 15 is 0 Å². The maximum Gasteiger partial charge on any atom is 0.106 e. The number of benzene rings is 2. The van der Waals surface area contributed by atoms with E-state index in [0.717, 1.165) is 4.47 Å². The van der Waals surface area contributed by atoms with Gasteiger partial charge in [-0.05, 0) is 29.8 Å². The van der Waals surface area contributed by atoms with E-state index in [9.17, 15) is 5.11 Å². The first-order valence-electron chi connectivity index (χ1n) is 5.07. The molecule has 1 N–H and O–H groups in total. The molecular weight excluding hydrogens is 358 g/mol. The summed E-state index contributed by atoms with van der Waals surface area (Å²) in [4.78, 5) is 0. The zero-order valence-electron chi connectivity index (χ0n) is 9.00. The summed E-state index contributed by atoms with van der Waals surface area (Å²) in [7, 11) is 0. The molecule has 1 nitrogen and oxygen atoms in total. The zero-order valence-corrected chi connectivity index (χ0v) is 12.9. The minimum Gasteiger partial charge on any atom is -0.384 e. The first kappa shape index (κ1) is 14.2. The number of aliphatic hydroxyl groups is 1. The van der Waals surface area contributed by atoms with Gasteiger partial charge in [-0.3, -0.25) is 0 Å². The van der Waals surface area contributed by atoms with Crippen molar-refractivity contribution in [3.63, 3.8) is 0 Å². The van der Waals surface area contributed by atoms with Gasteiger partial charge in [0.2, 0.25) is 0 Å². The molecular formula is C13H8BrCl3O. The monoisotopic (exact) mass is 364 g/mol. The maximum atomic E-state index is 10.3. The summed E-state index contributed by atoms with van der Waals surface area (Å²) in [5.74, 6) is 0. The van der Waals surface area contributed by atoms with Crippen LogP contribution in [-0.2, 0) is 0 Å². The molecule has 1 atom stereocenters. The molecule has 2 rings (SSSR count). The number of hydrogen-bond donors (Lipinski definition) is 1. The lowest BCUT2D eigenvalue weighted by Gasteiger charge is -2.14. The van der Waals surface area contributed by atoms with Gasteiger partial charge < -0.3 is 5.11 Å². The largest absolute Gasteiger partial charge is 0.384 e. The van der Waals surface area contributed by atoms with Crippen molar-refractivity contribution in [2.45, 2.75) is 6.10 Å². The highest BCUT2D eigenvalue weighted by atomic mass is 79.9. The summed E-state index contributed by atoms with van der Waals surface area (Å²) in [6.45, 7) is 0. The average molecular weight is 366 g/mol. The fourth-order valence-corrected chi connectivity index (χ4v) is 2.67. The molecule has 1 unspecified atom stereocenters. The van der Waals surface area contributed by atoms with Crippen molar-refractivity contribution >= 4 is 50.7 Å². The fourth-order valence-electron chi connectivity index (χ4n) is 1.59. The minimum absolute atomic E-state index is 0.404. The van der Waals surface area contributed by atoms with Crippen LogP contribution in [0.3, 0.4) is 0 Å². The van der Waals surface area contributed by atoms with E-state index in [0.29, 0.717) is 26.2 Å². The SMILES string of the molecule is OC(c1ccc(Cl)c(Cl)c1)c1ccc(Br)cc1Cl. The Morgan fingerprint density at radius 3 is 2.22 bits per heavy atom. The molecule has 0 amide bonds. The van der Waals surface area contributed by atoms with Crippen LogP contribution in [0.1, 0.15) is 17.2 Å². The summed E-state index contributed by atoms with van der Waals surface area (Å²) < 4.78 is 0.859. The third-order valence-electron chi connectivity index (χ3n) is 2.52. The van der Waals surface area contributed by atoms with Gasteiger partial charge in [0.1, 0.15) is 6.10 Å². The lowest BCUT2D eigenvalue weighted by Crippen LogP contribution is -2.00. The van der Waals surface area contributed by atoms with Crippen molar-refractivity contribution in [2.24, 2.45) is 0 Å². The zero-order chi connectivity index (χ0) is 13.3. The first-order chi connectivity index (χ1) is 8.49. The normalized spacial score (nSPS) is 12.5. The molecule has 0 fully saturated rings. The molecule has 0 saturated heterocycles. The van der Waals surface area contributed by atoms with Crippen molar-refractivity contribution in [1.29, 1.82) is 0 Å². The van der Waals surface area contributed by atoms with Crippen LogP contribution in [0, 0.1) is 0 Å². The molecule has 0 heterocycles. The highest BCUT2D eigenvalue weighted by Crippen LogP contribution is 2.33. The van der Waals surface area contributed by atoms with E-state index < -0.39 is 6.10 Å². The lowest BCUT2D eigenvalue weighted by atomic mass is 10.0. The Morgan fingerprint density at radius 1 is 0.889 bits per heavy atom. The Labute approximate surface area is 128 Å². The maximum absolute atomic E-state index is 10.3. The summed E-state index contributed by atoms with van der Waals surface area (Å²) in [6, 6.07) is 10.3. The third-order valence-corrected chi connectivity index (χ3v) is 4.08. The van der Waals surface area contributed by atoms with Gasteiger partial charge >= 0.3 is 0 Å². The number of aliphatic hydroxyl groups excluding tert-OH is 1. The third kappa shape index (κ3) is 3.01. The van der Waals surface area contributed by atoms with Crippen LogP contribution in [-0.4, -0.2) is 5.11 Å². The summed E-state index contributed by atoms with van der Waals surface area (Å²) in [5.41, 5.74) is 1.27. The smallest absolute Gasteiger partial charge is 0.106 e. The van der Waals surface area contributed by atoms with Crippen LogP contribution in [0.4, 0.5) is 0 Å². The van der Waals surface area contributed by atoms with Crippen molar-refractivity contribution < 1.29 is 5.11 Å². The van der Waals surface area contributed by atoms with Gasteiger partial charge in [-0.15, -0.1) is 0 Å². The van der Waals surface area contributed by atoms with E-state index in [1.165, 1.54) is 0 Å². The van der Waals surface area contributed by atoms with Gasteiger partial charge in [0.25, 0.3) is 0 Å². The second kappa shape index (κ2) is 5.81. The lowest BCUT2D eigenvalue weighted by molar-refractivity contribution is 0.220. The van der Waals surface area contributed by atoms with Crippen molar-refractivity contribution in [3.8, 4) is 0 Å². The van der Waals surface area contributed by atoms with Gasteiger partial charge in [0, 0.05) is 15.1 Å². The highest BCUT2D eigenvalue weighted by Gasteiger charge is 2.15. The molecule has 18 heavy (non-hydrogen) atoms. The number of rotatable bonds is 2. The van der Waals surface area contributed by atoms with Crippen LogP contribution in [0.15, 0.2) is 40.9 Å². The number of hydrogen-bond acceptors (Lipinski definition) is 1. The molecule has 0 saturated carbocycles. The van der Waals surface area contributed by atoms with Crippen molar-refractivity contribution in [3.05, 3.63) is 67.1 Å². The van der Waals surface area contributed by atoms with Crippen molar-refractivity contribution in [2.75, 3.05) is 0 Å². The summed E-state index contributed by atoms with van der Waals surface area (Å²) >= 11 is 21.2. The molecule has 0 aliphatic heterocycles. The molecule has 0 spiro atoms. The molecule has 0 radical (unpaired) electrons. The molecule has 2 aromatic rings. The van der Waals surface area contributed by atoms with Gasteiger partial charge in [0.05, 0.1) is 10.0 Å². The van der Waals surface area contributed by atoms with E-state index in [1.54, 1.807) is 30.3 Å². The van der Waals surface area contributed by atoms with Crippen LogP contribution in [0.2, 0.25) is 15.1 Å². The van der Waals surface area contributed by atoms with Crippen LogP contribution >= 0.6 is 50.7 Å². The molecule has 94 valence electrons. The quantitative estimate of drug-likeness (QED) is 0.745. The number of halogens is 4. The summed E-state index contributed by atoms with van der Waals surface area (Å²) in [6.07, 6.45) is -0.833. The molecule has 5 heteroatoms. The molecule has 2 aromatic carbocycles. The Hall–Kier alpha value is -0.250. The predicted molar refractivity (Wildman–Crippen MR) is 79.7 cm³/mol. The fraction of sp³-hybridized carbons (Fsp3) is 0.0769. The second-order valence-corrected chi connectivity index (χ2v) is 5.88. The summed E-state index contributed by atoms with van der Waals surface area (Å²) in [5, 5.41) is 11.6. The first-order valence-corrected chi connectivity index (χ1v) is 6.99. The van der Waals surface area contributed by atoms with E-state index in [1.807, 2.05) is 6.07 Å². The molecule has 0 aliphatic carbocycles. The molecule has 0 aliphatic rings. The molecule has 0 aromatic heterocycles. The second-order valence-electron chi connectivity index (χ2n) is 3.74. The van der Waals surface area contributed by atoms with Gasteiger partial charge in [0.15, 0.2) is 0 Å². The van der Waals surface area contributed by atoms with Crippen LogP contribution < -0.4 is 0 Å². The standard InChI is InChI=1S/C13H8BrCl3O/c14-8-2-3-9(11(16)6-8)13(18)7-1-4-10(15)12(17)5-7/h1-6,13,18H. The average Bonchev–Trinajstić information content (AvgIpc) is 2.32. The van der Waals surface area contributed by atoms with Gasteiger partial charge in [-0.1, -0.05) is 62.9 Å². The van der Waals surface area contributed by atoms with E-state index in [4.69, 9.17) is 34.8 Å².